The Morgan fingerprint density at radius 3 is 3.05 bits per heavy atom. The minimum absolute atomic E-state index is 0.354. The quantitative estimate of drug-likeness (QED) is 0.885. The molecule has 0 saturated heterocycles. The first-order valence-corrected chi connectivity index (χ1v) is 7.72. The summed E-state index contributed by atoms with van der Waals surface area (Å²) < 4.78 is 0.876. The van der Waals surface area contributed by atoms with Crippen molar-refractivity contribution in [2.75, 3.05) is 0 Å². The number of aryl methyl sites for hydroxylation is 1. The normalized spacial score (nSPS) is 18.3. The summed E-state index contributed by atoms with van der Waals surface area (Å²) in [6.07, 6.45) is 3.47. The number of benzene rings is 1. The molecule has 1 unspecified atom stereocenters. The Labute approximate surface area is 122 Å². The van der Waals surface area contributed by atoms with Crippen molar-refractivity contribution in [2.45, 2.75) is 31.8 Å². The van der Waals surface area contributed by atoms with E-state index in [1.54, 1.807) is 17.4 Å². The van der Waals surface area contributed by atoms with Crippen LogP contribution in [0.4, 0.5) is 0 Å². The number of fused-ring (bicyclic) bond motifs is 1. The second-order valence-electron chi connectivity index (χ2n) is 4.88. The van der Waals surface area contributed by atoms with Crippen LogP contribution in [0.3, 0.4) is 0 Å². The second kappa shape index (κ2) is 5.53. The zero-order valence-electron chi connectivity index (χ0n) is 10.5. The topological polar surface area (TPSA) is 32.3 Å². The number of aromatic hydroxyl groups is 1. The van der Waals surface area contributed by atoms with Gasteiger partial charge >= 0.3 is 0 Å². The molecule has 1 aliphatic rings. The average Bonchev–Trinajstić information content (AvgIpc) is 2.78. The summed E-state index contributed by atoms with van der Waals surface area (Å²) in [5.41, 5.74) is 2.28. The summed E-state index contributed by atoms with van der Waals surface area (Å²) in [5, 5.41) is 13.3. The van der Waals surface area contributed by atoms with E-state index in [9.17, 15) is 5.11 Å². The maximum Gasteiger partial charge on any atom is 0.120 e. The predicted molar refractivity (Wildman–Crippen MR) is 80.0 cm³/mol. The molecule has 1 atom stereocenters. The lowest BCUT2D eigenvalue weighted by Crippen LogP contribution is -2.23. The average molecular weight is 294 g/mol. The van der Waals surface area contributed by atoms with Gasteiger partial charge in [0.15, 0.2) is 0 Å². The van der Waals surface area contributed by atoms with E-state index in [-0.39, 0.29) is 0 Å². The Morgan fingerprint density at radius 2 is 2.21 bits per heavy atom. The van der Waals surface area contributed by atoms with Crippen molar-refractivity contribution in [1.29, 1.82) is 0 Å². The first-order chi connectivity index (χ1) is 9.24. The lowest BCUT2D eigenvalue weighted by atomic mass is 9.94. The molecule has 0 fully saturated rings. The molecule has 0 saturated carbocycles. The van der Waals surface area contributed by atoms with E-state index >= 15 is 0 Å². The highest BCUT2D eigenvalue weighted by molar-refractivity contribution is 7.16. The van der Waals surface area contributed by atoms with Crippen molar-refractivity contribution in [3.63, 3.8) is 0 Å². The van der Waals surface area contributed by atoms with Crippen LogP contribution in [0.5, 0.6) is 5.75 Å². The van der Waals surface area contributed by atoms with Gasteiger partial charge < -0.3 is 10.4 Å². The molecule has 1 aliphatic carbocycles. The molecule has 2 aromatic rings. The standard InChI is InChI=1S/C15H16ClNOS/c16-15-8-11-12(5-3-7-14(11)19-15)17-9-10-4-1-2-6-13(10)18/h1-2,4,6,8,12,17-18H,3,5,7,9H2. The zero-order valence-corrected chi connectivity index (χ0v) is 12.1. The number of hydrogen-bond acceptors (Lipinski definition) is 3. The predicted octanol–water partition coefficient (Wildman–Crippen LogP) is 4.27. The summed E-state index contributed by atoms with van der Waals surface area (Å²) in [5.74, 6) is 0.356. The molecule has 1 aromatic heterocycles. The van der Waals surface area contributed by atoms with Gasteiger partial charge in [-0.05, 0) is 37.0 Å². The zero-order chi connectivity index (χ0) is 13.2. The molecule has 1 aromatic carbocycles. The van der Waals surface area contributed by atoms with E-state index in [0.29, 0.717) is 18.3 Å². The molecule has 19 heavy (non-hydrogen) atoms. The number of halogens is 1. The minimum atomic E-state index is 0.354. The summed E-state index contributed by atoms with van der Waals surface area (Å²) >= 11 is 7.80. The van der Waals surface area contributed by atoms with Crippen LogP contribution in [-0.4, -0.2) is 5.11 Å². The van der Waals surface area contributed by atoms with Gasteiger partial charge in [0, 0.05) is 23.0 Å². The number of phenols is 1. The highest BCUT2D eigenvalue weighted by atomic mass is 35.5. The monoisotopic (exact) mass is 293 g/mol. The fourth-order valence-electron chi connectivity index (χ4n) is 2.63. The Hall–Kier alpha value is -1.03. The van der Waals surface area contributed by atoms with Gasteiger partial charge in [-0.2, -0.15) is 0 Å². The summed E-state index contributed by atoms with van der Waals surface area (Å²) in [7, 11) is 0. The van der Waals surface area contributed by atoms with E-state index in [1.807, 2.05) is 18.2 Å². The maximum absolute atomic E-state index is 9.78. The highest BCUT2D eigenvalue weighted by Crippen LogP contribution is 2.38. The summed E-state index contributed by atoms with van der Waals surface area (Å²) in [4.78, 5) is 1.41. The molecule has 2 N–H and O–H groups in total. The van der Waals surface area contributed by atoms with Crippen LogP contribution in [0, 0.1) is 0 Å². The first kappa shape index (κ1) is 13.0. The number of hydrogen-bond donors (Lipinski definition) is 2. The number of rotatable bonds is 3. The van der Waals surface area contributed by atoms with E-state index in [1.165, 1.54) is 16.9 Å². The van der Waals surface area contributed by atoms with Crippen molar-refractivity contribution >= 4 is 22.9 Å². The largest absolute Gasteiger partial charge is 0.508 e. The Bertz CT molecular complexity index is 581. The molecular formula is C15H16ClNOS. The third-order valence-electron chi connectivity index (χ3n) is 3.61. The molecule has 4 heteroatoms. The molecule has 0 radical (unpaired) electrons. The van der Waals surface area contributed by atoms with Crippen LogP contribution in [0.2, 0.25) is 4.34 Å². The molecule has 0 spiro atoms. The van der Waals surface area contributed by atoms with Crippen molar-refractivity contribution in [3.05, 3.63) is 50.7 Å². The maximum atomic E-state index is 9.78. The van der Waals surface area contributed by atoms with Crippen LogP contribution in [0.15, 0.2) is 30.3 Å². The Kier molecular flexibility index (Phi) is 3.78. The van der Waals surface area contributed by atoms with Crippen molar-refractivity contribution in [2.24, 2.45) is 0 Å². The first-order valence-electron chi connectivity index (χ1n) is 6.52. The van der Waals surface area contributed by atoms with Crippen molar-refractivity contribution in [1.82, 2.24) is 5.32 Å². The van der Waals surface area contributed by atoms with Crippen molar-refractivity contribution < 1.29 is 5.11 Å². The summed E-state index contributed by atoms with van der Waals surface area (Å²) in [6, 6.07) is 9.91. The fourth-order valence-corrected chi connectivity index (χ4v) is 4.01. The van der Waals surface area contributed by atoms with E-state index in [2.05, 4.69) is 11.4 Å². The van der Waals surface area contributed by atoms with Crippen LogP contribution < -0.4 is 5.32 Å². The van der Waals surface area contributed by atoms with Gasteiger partial charge in [-0.1, -0.05) is 29.8 Å². The van der Waals surface area contributed by atoms with Gasteiger partial charge in [0.2, 0.25) is 0 Å². The molecule has 2 nitrogen and oxygen atoms in total. The molecule has 1 heterocycles. The number of phenolic OH excluding ortho intramolecular Hbond substituents is 1. The Morgan fingerprint density at radius 1 is 1.37 bits per heavy atom. The van der Waals surface area contributed by atoms with Crippen LogP contribution in [-0.2, 0) is 13.0 Å². The van der Waals surface area contributed by atoms with Gasteiger partial charge in [-0.15, -0.1) is 11.3 Å². The minimum Gasteiger partial charge on any atom is -0.508 e. The number of para-hydroxylation sites is 1. The van der Waals surface area contributed by atoms with Crippen molar-refractivity contribution in [3.8, 4) is 5.75 Å². The van der Waals surface area contributed by atoms with Gasteiger partial charge in [-0.25, -0.2) is 0 Å². The SMILES string of the molecule is Oc1ccccc1CNC1CCCc2sc(Cl)cc21. The molecule has 0 amide bonds. The second-order valence-corrected chi connectivity index (χ2v) is 6.65. The third-order valence-corrected chi connectivity index (χ3v) is 4.95. The molecule has 0 aliphatic heterocycles. The Balaban J connectivity index is 1.73. The molecule has 0 bridgehead atoms. The third kappa shape index (κ3) is 2.78. The van der Waals surface area contributed by atoms with Crippen LogP contribution in [0.25, 0.3) is 0 Å². The highest BCUT2D eigenvalue weighted by Gasteiger charge is 2.22. The lowest BCUT2D eigenvalue weighted by molar-refractivity contribution is 0.440. The summed E-state index contributed by atoms with van der Waals surface area (Å²) in [6.45, 7) is 0.685. The van der Waals surface area contributed by atoms with Crippen LogP contribution in [0.1, 0.15) is 34.9 Å². The smallest absolute Gasteiger partial charge is 0.120 e. The van der Waals surface area contributed by atoms with Gasteiger partial charge in [-0.3, -0.25) is 0 Å². The molecule has 3 rings (SSSR count). The fraction of sp³-hybridized carbons (Fsp3) is 0.333. The molecule has 100 valence electrons. The number of thiophene rings is 1. The van der Waals surface area contributed by atoms with E-state index in [0.717, 1.165) is 22.7 Å². The van der Waals surface area contributed by atoms with E-state index in [4.69, 9.17) is 11.6 Å². The van der Waals surface area contributed by atoms with Gasteiger partial charge in [0.1, 0.15) is 5.75 Å². The van der Waals surface area contributed by atoms with Gasteiger partial charge in [0.05, 0.1) is 4.34 Å². The van der Waals surface area contributed by atoms with Gasteiger partial charge in [0.25, 0.3) is 0 Å². The van der Waals surface area contributed by atoms with E-state index < -0.39 is 0 Å². The van der Waals surface area contributed by atoms with Crippen LogP contribution >= 0.6 is 22.9 Å². The number of nitrogens with one attached hydrogen (secondary N) is 1. The molecular weight excluding hydrogens is 278 g/mol. The lowest BCUT2D eigenvalue weighted by Gasteiger charge is -2.24.